The van der Waals surface area contributed by atoms with E-state index in [1.807, 2.05) is 6.07 Å². The molecular weight excluding hydrogens is 462 g/mol. The molecule has 2 aliphatic carbocycles. The predicted molar refractivity (Wildman–Crippen MR) is 142 cm³/mol. The van der Waals surface area contributed by atoms with Crippen molar-refractivity contribution >= 4 is 5.91 Å². The number of methoxy groups -OCH3 is 1. The largest absolute Gasteiger partial charge is 0.448 e. The normalized spacial score (nSPS) is 32.3. The van der Waals surface area contributed by atoms with Crippen LogP contribution in [0.25, 0.3) is 0 Å². The molecule has 6 heteroatoms. The first-order valence-corrected chi connectivity index (χ1v) is 14.5. The first-order chi connectivity index (χ1) is 18.1. The van der Waals surface area contributed by atoms with Crippen LogP contribution >= 0.6 is 0 Å². The fourth-order valence-corrected chi connectivity index (χ4v) is 8.07. The minimum atomic E-state index is -0.552. The van der Waals surface area contributed by atoms with Crippen LogP contribution in [0.2, 0.25) is 0 Å². The summed E-state index contributed by atoms with van der Waals surface area (Å²) >= 11 is 0. The van der Waals surface area contributed by atoms with E-state index in [0.717, 1.165) is 43.6 Å². The van der Waals surface area contributed by atoms with Crippen LogP contribution in [0.1, 0.15) is 86.6 Å². The summed E-state index contributed by atoms with van der Waals surface area (Å²) in [6.07, 6.45) is 9.43. The molecule has 1 aromatic heterocycles. The lowest BCUT2D eigenvalue weighted by atomic mass is 9.64. The molecule has 37 heavy (non-hydrogen) atoms. The van der Waals surface area contributed by atoms with Crippen molar-refractivity contribution in [3.05, 3.63) is 59.3 Å². The number of piperidine rings is 1. The van der Waals surface area contributed by atoms with Gasteiger partial charge in [0.25, 0.3) is 0 Å². The molecule has 1 aromatic carbocycles. The van der Waals surface area contributed by atoms with E-state index in [-0.39, 0.29) is 11.3 Å². The summed E-state index contributed by atoms with van der Waals surface area (Å²) in [7, 11) is 1.64. The van der Waals surface area contributed by atoms with E-state index in [0.29, 0.717) is 42.6 Å². The number of nitrogens with one attached hydrogen (secondary N) is 2. The molecule has 2 aliphatic heterocycles. The van der Waals surface area contributed by atoms with Crippen LogP contribution in [-0.2, 0) is 10.2 Å². The van der Waals surface area contributed by atoms with Crippen molar-refractivity contribution in [2.75, 3.05) is 26.7 Å². The van der Waals surface area contributed by atoms with Gasteiger partial charge in [0, 0.05) is 36.7 Å². The number of aliphatic hydroxyl groups excluding tert-OH is 1. The molecule has 6 nitrogen and oxygen atoms in total. The number of likely N-dealkylation sites (tertiary alicyclic amines) is 1. The Morgan fingerprint density at radius 1 is 1.08 bits per heavy atom. The number of fused-ring (bicyclic) bond motifs is 2. The number of nitrogens with zero attached hydrogens (tertiary/aromatic N) is 1. The number of aromatic amines is 1. The number of hydrogen-bond acceptors (Lipinski definition) is 4. The Morgan fingerprint density at radius 2 is 1.89 bits per heavy atom. The van der Waals surface area contributed by atoms with E-state index in [4.69, 9.17) is 4.74 Å². The summed E-state index contributed by atoms with van der Waals surface area (Å²) in [5, 5.41) is 14.4. The number of amides is 1. The highest BCUT2D eigenvalue weighted by Crippen LogP contribution is 2.49. The molecule has 2 saturated heterocycles. The van der Waals surface area contributed by atoms with Gasteiger partial charge in [-0.3, -0.25) is 4.79 Å². The molecular formula is C31H42N3O3+. The molecule has 2 aromatic rings. The molecule has 1 spiro atoms. The maximum absolute atomic E-state index is 14.6. The molecule has 198 valence electrons. The number of aromatic nitrogens is 1. The zero-order chi connectivity index (χ0) is 25.4. The number of H-pyrrole nitrogens is 1. The van der Waals surface area contributed by atoms with Crippen molar-refractivity contribution in [1.29, 1.82) is 0 Å². The van der Waals surface area contributed by atoms with E-state index in [2.05, 4.69) is 51.6 Å². The van der Waals surface area contributed by atoms with Crippen LogP contribution < -0.4 is 15.0 Å². The van der Waals surface area contributed by atoms with Gasteiger partial charge in [-0.05, 0) is 62.0 Å². The second-order valence-electron chi connectivity index (χ2n) is 11.9. The minimum absolute atomic E-state index is 0.111. The zero-order valence-corrected chi connectivity index (χ0v) is 22.1. The summed E-state index contributed by atoms with van der Waals surface area (Å²) < 4.78 is 5.42. The molecule has 1 saturated carbocycles. The number of benzene rings is 1. The monoisotopic (exact) mass is 504 g/mol. The molecule has 0 bridgehead atoms. The number of carbonyl (C=O) groups is 1. The molecule has 3 heterocycles. The van der Waals surface area contributed by atoms with E-state index in [1.54, 1.807) is 7.11 Å². The third kappa shape index (κ3) is 4.46. The van der Waals surface area contributed by atoms with E-state index in [9.17, 15) is 9.90 Å². The van der Waals surface area contributed by atoms with Gasteiger partial charge in [0.2, 0.25) is 11.6 Å². The van der Waals surface area contributed by atoms with Crippen molar-refractivity contribution < 1.29 is 19.6 Å². The quantitative estimate of drug-likeness (QED) is 0.656. The third-order valence-electron chi connectivity index (χ3n) is 10.0. The number of aliphatic hydroxyl groups is 1. The van der Waals surface area contributed by atoms with E-state index in [1.165, 1.54) is 37.7 Å². The number of rotatable bonds is 4. The topological polar surface area (TPSA) is 75.9 Å². The van der Waals surface area contributed by atoms with Gasteiger partial charge in [0.15, 0.2) is 0 Å². The van der Waals surface area contributed by atoms with Crippen molar-refractivity contribution in [2.24, 2.45) is 11.8 Å². The van der Waals surface area contributed by atoms with Gasteiger partial charge in [0.05, 0.1) is 19.1 Å². The van der Waals surface area contributed by atoms with Crippen LogP contribution in [0, 0.1) is 11.8 Å². The van der Waals surface area contributed by atoms with Crippen molar-refractivity contribution in [3.63, 3.8) is 0 Å². The van der Waals surface area contributed by atoms with Crippen LogP contribution in [0.15, 0.2) is 42.5 Å². The summed E-state index contributed by atoms with van der Waals surface area (Å²) in [5.74, 6) is 1.99. The molecule has 3 N–H and O–H groups in total. The Morgan fingerprint density at radius 3 is 2.68 bits per heavy atom. The molecule has 5 atom stereocenters. The summed E-state index contributed by atoms with van der Waals surface area (Å²) in [4.78, 5) is 20.2. The van der Waals surface area contributed by atoms with Gasteiger partial charge in [-0.25, -0.2) is 0 Å². The molecule has 6 rings (SSSR count). The first-order valence-electron chi connectivity index (χ1n) is 14.5. The molecule has 4 aliphatic rings. The molecule has 2 unspecified atom stereocenters. The fourth-order valence-electron chi connectivity index (χ4n) is 8.07. The van der Waals surface area contributed by atoms with Gasteiger partial charge >= 0.3 is 5.88 Å². The summed E-state index contributed by atoms with van der Waals surface area (Å²) in [6.45, 7) is 2.32. The number of carbonyl (C=O) groups excluding carboxylic acids is 1. The van der Waals surface area contributed by atoms with E-state index < -0.39 is 6.10 Å². The number of pyridine rings is 1. The minimum Gasteiger partial charge on any atom is -0.448 e. The average molecular weight is 505 g/mol. The lowest BCUT2D eigenvalue weighted by Crippen LogP contribution is -2.55. The van der Waals surface area contributed by atoms with Gasteiger partial charge in [0.1, 0.15) is 6.10 Å². The van der Waals surface area contributed by atoms with Crippen molar-refractivity contribution in [3.8, 4) is 5.88 Å². The van der Waals surface area contributed by atoms with Crippen molar-refractivity contribution in [1.82, 2.24) is 10.2 Å². The lowest BCUT2D eigenvalue weighted by molar-refractivity contribution is -0.415. The predicted octanol–water partition coefficient (Wildman–Crippen LogP) is 4.15. The van der Waals surface area contributed by atoms with Gasteiger partial charge in [-0.15, -0.1) is 0 Å². The molecule has 0 radical (unpaired) electrons. The van der Waals surface area contributed by atoms with Crippen LogP contribution in [0.5, 0.6) is 5.88 Å². The maximum atomic E-state index is 14.6. The average Bonchev–Trinajstić information content (AvgIpc) is 3.39. The van der Waals surface area contributed by atoms with Crippen LogP contribution in [0.4, 0.5) is 0 Å². The van der Waals surface area contributed by atoms with Gasteiger partial charge in [-0.1, -0.05) is 49.6 Å². The van der Waals surface area contributed by atoms with Crippen LogP contribution in [0.3, 0.4) is 0 Å². The van der Waals surface area contributed by atoms with Crippen LogP contribution in [-0.4, -0.2) is 48.7 Å². The van der Waals surface area contributed by atoms with Gasteiger partial charge < -0.3 is 20.1 Å². The fraction of sp³-hybridized carbons (Fsp3) is 0.613. The SMILES string of the molecule is COc1ccc2c([nH+]1)C(O)CC[C@]21CNCC1C(=O)N1CC[C@@H](c2ccccc2)C[C@H]1C1CCCCC1. The summed E-state index contributed by atoms with van der Waals surface area (Å²) in [5.41, 5.74) is 3.04. The van der Waals surface area contributed by atoms with Gasteiger partial charge in [-0.2, -0.15) is 4.98 Å². The number of ether oxygens (including phenoxy) is 1. The second kappa shape index (κ2) is 10.4. The Kier molecular flexibility index (Phi) is 6.97. The Hall–Kier alpha value is -2.44. The molecule has 3 fully saturated rings. The highest BCUT2D eigenvalue weighted by atomic mass is 16.5. The first kappa shape index (κ1) is 24.9. The zero-order valence-electron chi connectivity index (χ0n) is 22.1. The lowest BCUT2D eigenvalue weighted by Gasteiger charge is -2.47. The standard InChI is InChI=1S/C31H41N3O3/c1-37-28-13-12-24-29(33-28)27(35)14-16-31(24)20-32-19-25(31)30(36)34-17-15-23(21-8-4-2-5-9-21)18-26(34)22-10-6-3-7-11-22/h2,4-5,8-9,12-13,22-23,25-27,32,35H,3,6-7,10-11,14-20H2,1H3/p+1/t23-,25?,26+,27?,31+/m1/s1. The maximum Gasteiger partial charge on any atom is 0.366 e. The van der Waals surface area contributed by atoms with Crippen molar-refractivity contribution in [2.45, 2.75) is 81.3 Å². The highest BCUT2D eigenvalue weighted by Gasteiger charge is 2.55. The third-order valence-corrected chi connectivity index (χ3v) is 10.0. The Bertz CT molecular complexity index is 1100. The highest BCUT2D eigenvalue weighted by molar-refractivity contribution is 5.82. The smallest absolute Gasteiger partial charge is 0.366 e. The second-order valence-corrected chi connectivity index (χ2v) is 11.9. The Balaban J connectivity index is 1.31. The Labute approximate surface area is 220 Å². The molecule has 1 amide bonds. The van der Waals surface area contributed by atoms with E-state index >= 15 is 0 Å². The summed E-state index contributed by atoms with van der Waals surface area (Å²) in [6, 6.07) is 15.3. The number of hydrogen-bond donors (Lipinski definition) is 2.